The van der Waals surface area contributed by atoms with E-state index in [0.29, 0.717) is 5.69 Å². The first-order valence-electron chi connectivity index (χ1n) is 5.72. The molecule has 1 aromatic carbocycles. The molecule has 96 valence electrons. The molecule has 0 atom stereocenters. The number of hydrogen-bond acceptors (Lipinski definition) is 4. The van der Waals surface area contributed by atoms with Crippen LogP contribution in [0, 0.1) is 6.92 Å². The molecule has 2 aromatic rings. The monoisotopic (exact) mass is 255 g/mol. The molecule has 0 aliphatic carbocycles. The number of amides is 1. The molecule has 1 aromatic heterocycles. The number of pyridine rings is 1. The van der Waals surface area contributed by atoms with Gasteiger partial charge in [-0.25, -0.2) is 5.43 Å². The number of carbonyl (C=O) groups is 1. The Bertz CT molecular complexity index is 624. The number of rotatable bonds is 3. The Morgan fingerprint density at radius 1 is 1.26 bits per heavy atom. The topological polar surface area (TPSA) is 74.6 Å². The maximum absolute atomic E-state index is 11.7. The molecule has 0 bridgehead atoms. The number of phenols is 1. The Kier molecular flexibility index (Phi) is 3.87. The van der Waals surface area contributed by atoms with E-state index in [0.717, 1.165) is 5.69 Å². The average Bonchev–Trinajstić information content (AvgIpc) is 2.39. The van der Waals surface area contributed by atoms with Crippen LogP contribution in [0.5, 0.6) is 5.75 Å². The number of aryl methyl sites for hydroxylation is 1. The highest BCUT2D eigenvalue weighted by Gasteiger charge is 2.08. The highest BCUT2D eigenvalue weighted by Crippen LogP contribution is 2.14. The summed E-state index contributed by atoms with van der Waals surface area (Å²) in [7, 11) is 0. The highest BCUT2D eigenvalue weighted by atomic mass is 16.3. The summed E-state index contributed by atoms with van der Waals surface area (Å²) in [5.74, 6) is -0.550. The molecule has 19 heavy (non-hydrogen) atoms. The van der Waals surface area contributed by atoms with Gasteiger partial charge in [0.2, 0.25) is 0 Å². The summed E-state index contributed by atoms with van der Waals surface area (Å²) in [4.78, 5) is 15.9. The molecule has 0 radical (unpaired) electrons. The zero-order chi connectivity index (χ0) is 13.7. The van der Waals surface area contributed by atoms with E-state index in [2.05, 4.69) is 15.5 Å². The number of aromatic nitrogens is 1. The summed E-state index contributed by atoms with van der Waals surface area (Å²) in [5.41, 5.74) is 4.04. The Hall–Kier alpha value is -2.69. The van der Waals surface area contributed by atoms with Gasteiger partial charge in [-0.05, 0) is 31.2 Å². The second kappa shape index (κ2) is 5.77. The first-order chi connectivity index (χ1) is 9.16. The summed E-state index contributed by atoms with van der Waals surface area (Å²) < 4.78 is 0. The quantitative estimate of drug-likeness (QED) is 0.649. The van der Waals surface area contributed by atoms with Gasteiger partial charge in [-0.1, -0.05) is 18.2 Å². The fourth-order valence-corrected chi connectivity index (χ4v) is 1.52. The van der Waals surface area contributed by atoms with Crippen molar-refractivity contribution in [2.75, 3.05) is 0 Å². The summed E-state index contributed by atoms with van der Waals surface area (Å²) in [5, 5.41) is 13.3. The molecule has 1 amide bonds. The van der Waals surface area contributed by atoms with Gasteiger partial charge in [0.15, 0.2) is 0 Å². The number of nitrogens with one attached hydrogen (secondary N) is 1. The highest BCUT2D eigenvalue weighted by molar-refractivity contribution is 5.97. The van der Waals surface area contributed by atoms with Crippen molar-refractivity contribution < 1.29 is 9.90 Å². The SMILES string of the molecule is Cc1cccc(/C=N\NC(=O)c2ccccc2O)n1. The van der Waals surface area contributed by atoms with Gasteiger partial charge in [0.25, 0.3) is 5.91 Å². The van der Waals surface area contributed by atoms with Gasteiger partial charge >= 0.3 is 0 Å². The van der Waals surface area contributed by atoms with Crippen LogP contribution in [0.3, 0.4) is 0 Å². The maximum atomic E-state index is 11.7. The lowest BCUT2D eigenvalue weighted by Gasteiger charge is -2.01. The van der Waals surface area contributed by atoms with Gasteiger partial charge in [-0.15, -0.1) is 0 Å². The number of hydrogen-bond donors (Lipinski definition) is 2. The van der Waals surface area contributed by atoms with Crippen molar-refractivity contribution in [2.24, 2.45) is 5.10 Å². The molecule has 0 spiro atoms. The maximum Gasteiger partial charge on any atom is 0.275 e. The van der Waals surface area contributed by atoms with Crippen molar-refractivity contribution >= 4 is 12.1 Å². The molecule has 0 aliphatic rings. The van der Waals surface area contributed by atoms with Crippen LogP contribution < -0.4 is 5.43 Å². The molecule has 5 heteroatoms. The molecule has 2 rings (SSSR count). The zero-order valence-electron chi connectivity index (χ0n) is 10.4. The second-order valence-electron chi connectivity index (χ2n) is 3.92. The molecule has 0 unspecified atom stereocenters. The molecular weight excluding hydrogens is 242 g/mol. The molecule has 5 nitrogen and oxygen atoms in total. The Balaban J connectivity index is 2.03. The van der Waals surface area contributed by atoms with E-state index >= 15 is 0 Å². The van der Waals surface area contributed by atoms with Crippen molar-refractivity contribution in [2.45, 2.75) is 6.92 Å². The molecular formula is C14H13N3O2. The third-order valence-electron chi connectivity index (χ3n) is 2.42. The third kappa shape index (κ3) is 3.38. The standard InChI is InChI=1S/C14H13N3O2/c1-10-5-4-6-11(16-10)9-15-17-14(19)12-7-2-3-8-13(12)18/h2-9,18H,1H3,(H,17,19)/b15-9-. The number of hydrazone groups is 1. The van der Waals surface area contributed by atoms with E-state index in [4.69, 9.17) is 0 Å². The molecule has 0 saturated heterocycles. The van der Waals surface area contributed by atoms with E-state index < -0.39 is 5.91 Å². The van der Waals surface area contributed by atoms with E-state index in [1.165, 1.54) is 18.3 Å². The van der Waals surface area contributed by atoms with Crippen LogP contribution in [0.1, 0.15) is 21.7 Å². The van der Waals surface area contributed by atoms with Gasteiger partial charge in [-0.3, -0.25) is 9.78 Å². The predicted molar refractivity (Wildman–Crippen MR) is 72.1 cm³/mol. The van der Waals surface area contributed by atoms with E-state index in [1.54, 1.807) is 18.2 Å². The number of nitrogens with zero attached hydrogens (tertiary/aromatic N) is 2. The number of phenolic OH excluding ortho intramolecular Hbond substituents is 1. The first kappa shape index (κ1) is 12.8. The largest absolute Gasteiger partial charge is 0.507 e. The van der Waals surface area contributed by atoms with Crippen LogP contribution in [0.15, 0.2) is 47.6 Å². The van der Waals surface area contributed by atoms with Crippen LogP contribution in [-0.2, 0) is 0 Å². The summed E-state index contributed by atoms with van der Waals surface area (Å²) >= 11 is 0. The molecule has 0 fully saturated rings. The summed E-state index contributed by atoms with van der Waals surface area (Å²) in [6.45, 7) is 1.87. The van der Waals surface area contributed by atoms with Crippen molar-refractivity contribution in [1.82, 2.24) is 10.4 Å². The summed E-state index contributed by atoms with van der Waals surface area (Å²) in [6.07, 6.45) is 1.45. The van der Waals surface area contributed by atoms with Gasteiger partial charge in [0.1, 0.15) is 5.75 Å². The lowest BCUT2D eigenvalue weighted by molar-refractivity contribution is 0.0952. The van der Waals surface area contributed by atoms with Crippen LogP contribution in [-0.4, -0.2) is 22.2 Å². The molecule has 2 N–H and O–H groups in total. The van der Waals surface area contributed by atoms with Crippen LogP contribution in [0.25, 0.3) is 0 Å². The zero-order valence-corrected chi connectivity index (χ0v) is 10.4. The van der Waals surface area contributed by atoms with Gasteiger partial charge in [-0.2, -0.15) is 5.10 Å². The number of para-hydroxylation sites is 1. The minimum absolute atomic E-state index is 0.0797. The van der Waals surface area contributed by atoms with Crippen molar-refractivity contribution in [1.29, 1.82) is 0 Å². The van der Waals surface area contributed by atoms with Gasteiger partial charge in [0, 0.05) is 5.69 Å². The lowest BCUT2D eigenvalue weighted by atomic mass is 10.2. The second-order valence-corrected chi connectivity index (χ2v) is 3.92. The van der Waals surface area contributed by atoms with Crippen molar-refractivity contribution in [3.05, 3.63) is 59.4 Å². The molecule has 0 aliphatic heterocycles. The summed E-state index contributed by atoms with van der Waals surface area (Å²) in [6, 6.07) is 11.8. The van der Waals surface area contributed by atoms with Crippen LogP contribution in [0.2, 0.25) is 0 Å². The van der Waals surface area contributed by atoms with Crippen molar-refractivity contribution in [3.63, 3.8) is 0 Å². The van der Waals surface area contributed by atoms with Gasteiger partial charge < -0.3 is 5.11 Å². The Morgan fingerprint density at radius 2 is 2.05 bits per heavy atom. The van der Waals surface area contributed by atoms with E-state index in [1.807, 2.05) is 19.1 Å². The Morgan fingerprint density at radius 3 is 2.79 bits per heavy atom. The van der Waals surface area contributed by atoms with Crippen molar-refractivity contribution in [3.8, 4) is 5.75 Å². The lowest BCUT2D eigenvalue weighted by Crippen LogP contribution is -2.17. The first-order valence-corrected chi connectivity index (χ1v) is 5.72. The fraction of sp³-hybridized carbons (Fsp3) is 0.0714. The number of benzene rings is 1. The third-order valence-corrected chi connectivity index (χ3v) is 2.42. The minimum atomic E-state index is -0.470. The Labute approximate surface area is 110 Å². The predicted octanol–water partition coefficient (Wildman–Crippen LogP) is 1.86. The smallest absolute Gasteiger partial charge is 0.275 e. The number of carbonyl (C=O) groups excluding carboxylic acids is 1. The fourth-order valence-electron chi connectivity index (χ4n) is 1.52. The minimum Gasteiger partial charge on any atom is -0.507 e. The van der Waals surface area contributed by atoms with Gasteiger partial charge in [0.05, 0.1) is 17.5 Å². The average molecular weight is 255 g/mol. The normalized spacial score (nSPS) is 10.6. The van der Waals surface area contributed by atoms with Crippen LogP contribution in [0.4, 0.5) is 0 Å². The van der Waals surface area contributed by atoms with E-state index in [9.17, 15) is 9.90 Å². The van der Waals surface area contributed by atoms with E-state index in [-0.39, 0.29) is 11.3 Å². The number of aromatic hydroxyl groups is 1. The van der Waals surface area contributed by atoms with Crippen LogP contribution >= 0.6 is 0 Å². The molecule has 0 saturated carbocycles. The molecule has 1 heterocycles.